The standard InChI is InChI=1S/C22H36O6S/c1-12(2)14-9-16(28-29(24,25)26)21(5)8-7-20(4)11-17(27-13(3)23)22(6)10-15(22)19(20)18(14)21/h12,14-19H,7-11H2,1-6H3,(H,24,25,26)/t14?,15-,16+,17+,18+,19+,20-,21-,22-/m0/s1. The van der Waals surface area contributed by atoms with Crippen LogP contribution in [0.15, 0.2) is 0 Å². The fourth-order valence-electron chi connectivity index (χ4n) is 7.84. The molecule has 0 aliphatic heterocycles. The Hall–Kier alpha value is -0.660. The van der Waals surface area contributed by atoms with Crippen LogP contribution in [0.2, 0.25) is 0 Å². The van der Waals surface area contributed by atoms with Gasteiger partial charge in [-0.15, -0.1) is 0 Å². The van der Waals surface area contributed by atoms with Gasteiger partial charge in [0.05, 0.1) is 6.10 Å². The maximum atomic E-state index is 11.7. The highest BCUT2D eigenvalue weighted by atomic mass is 32.3. The smallest absolute Gasteiger partial charge is 0.397 e. The minimum absolute atomic E-state index is 0.0254. The first-order valence-electron chi connectivity index (χ1n) is 11.0. The van der Waals surface area contributed by atoms with Gasteiger partial charge in [0.25, 0.3) is 0 Å². The van der Waals surface area contributed by atoms with Gasteiger partial charge in [-0.2, -0.15) is 8.42 Å². The van der Waals surface area contributed by atoms with Crippen molar-refractivity contribution in [1.82, 2.24) is 0 Å². The second-order valence-electron chi connectivity index (χ2n) is 11.5. The van der Waals surface area contributed by atoms with Crippen LogP contribution in [0.4, 0.5) is 0 Å². The summed E-state index contributed by atoms with van der Waals surface area (Å²) in [5.41, 5.74) is -0.171. The van der Waals surface area contributed by atoms with Crippen LogP contribution < -0.4 is 0 Å². The number of fused-ring (bicyclic) bond motifs is 5. The van der Waals surface area contributed by atoms with Gasteiger partial charge in [0, 0.05) is 12.3 Å². The average molecular weight is 429 g/mol. The van der Waals surface area contributed by atoms with Crippen molar-refractivity contribution in [2.45, 2.75) is 85.9 Å². The van der Waals surface area contributed by atoms with Crippen LogP contribution in [-0.2, 0) is 24.1 Å². The lowest BCUT2D eigenvalue weighted by Gasteiger charge is -2.58. The number of carbonyl (C=O) groups is 1. The van der Waals surface area contributed by atoms with E-state index in [1.807, 2.05) is 0 Å². The average Bonchev–Trinajstić information content (AvgIpc) is 3.16. The Morgan fingerprint density at radius 3 is 2.24 bits per heavy atom. The minimum atomic E-state index is -4.48. The van der Waals surface area contributed by atoms with Crippen molar-refractivity contribution >= 4 is 16.4 Å². The van der Waals surface area contributed by atoms with E-state index in [9.17, 15) is 17.8 Å². The minimum Gasteiger partial charge on any atom is -0.462 e. The Labute approximate surface area is 175 Å². The lowest BCUT2D eigenvalue weighted by molar-refractivity contribution is -0.168. The van der Waals surface area contributed by atoms with Gasteiger partial charge < -0.3 is 4.74 Å². The zero-order valence-corrected chi connectivity index (χ0v) is 19.3. The van der Waals surface area contributed by atoms with Crippen LogP contribution in [0, 0.1) is 45.8 Å². The predicted molar refractivity (Wildman–Crippen MR) is 108 cm³/mol. The maximum absolute atomic E-state index is 11.7. The predicted octanol–water partition coefficient (Wildman–Crippen LogP) is 4.25. The van der Waals surface area contributed by atoms with Crippen molar-refractivity contribution in [2.75, 3.05) is 0 Å². The molecule has 0 saturated heterocycles. The van der Waals surface area contributed by atoms with Crippen molar-refractivity contribution < 1.29 is 26.7 Å². The lowest BCUT2D eigenvalue weighted by atomic mass is 9.47. The molecule has 0 aromatic carbocycles. The summed E-state index contributed by atoms with van der Waals surface area (Å²) in [6, 6.07) is 0. The molecule has 4 fully saturated rings. The fraction of sp³-hybridized carbons (Fsp3) is 0.955. The number of hydrogen-bond acceptors (Lipinski definition) is 5. The molecular formula is C22H36O6S. The zero-order valence-electron chi connectivity index (χ0n) is 18.5. The third kappa shape index (κ3) is 3.26. The monoisotopic (exact) mass is 428 g/mol. The molecule has 4 rings (SSSR count). The second-order valence-corrected chi connectivity index (χ2v) is 12.5. The summed E-state index contributed by atoms with van der Waals surface area (Å²) < 4.78 is 43.6. The summed E-state index contributed by atoms with van der Waals surface area (Å²) >= 11 is 0. The third-order valence-electron chi connectivity index (χ3n) is 9.44. The van der Waals surface area contributed by atoms with E-state index in [1.54, 1.807) is 0 Å². The van der Waals surface area contributed by atoms with Gasteiger partial charge in [-0.3, -0.25) is 9.35 Å². The third-order valence-corrected chi connectivity index (χ3v) is 9.92. The van der Waals surface area contributed by atoms with E-state index in [-0.39, 0.29) is 28.3 Å². The van der Waals surface area contributed by atoms with E-state index in [2.05, 4.69) is 34.6 Å². The van der Waals surface area contributed by atoms with Crippen LogP contribution in [0.1, 0.15) is 73.6 Å². The van der Waals surface area contributed by atoms with Crippen molar-refractivity contribution in [2.24, 2.45) is 45.8 Å². The molecule has 9 atom stereocenters. The van der Waals surface area contributed by atoms with Gasteiger partial charge in [-0.25, -0.2) is 4.18 Å². The van der Waals surface area contributed by atoms with Crippen molar-refractivity contribution in [3.63, 3.8) is 0 Å². The summed E-state index contributed by atoms with van der Waals surface area (Å²) in [7, 11) is -4.48. The van der Waals surface area contributed by atoms with Gasteiger partial charge in [0.2, 0.25) is 0 Å². The van der Waals surface area contributed by atoms with Gasteiger partial charge in [-0.1, -0.05) is 34.6 Å². The molecule has 166 valence electrons. The molecule has 29 heavy (non-hydrogen) atoms. The Kier molecular flexibility index (Phi) is 4.78. The van der Waals surface area contributed by atoms with Crippen molar-refractivity contribution in [3.8, 4) is 0 Å². The molecule has 0 aromatic heterocycles. The first kappa shape index (κ1) is 21.6. The molecule has 0 spiro atoms. The molecule has 0 heterocycles. The Morgan fingerprint density at radius 2 is 1.69 bits per heavy atom. The van der Waals surface area contributed by atoms with Crippen molar-refractivity contribution in [3.05, 3.63) is 0 Å². The van der Waals surface area contributed by atoms with Crippen LogP contribution in [0.25, 0.3) is 0 Å². The molecule has 0 amide bonds. The normalized spacial score (nSPS) is 51.2. The Morgan fingerprint density at radius 1 is 1.03 bits per heavy atom. The van der Waals surface area contributed by atoms with Crippen LogP contribution >= 0.6 is 0 Å². The largest absolute Gasteiger partial charge is 0.462 e. The van der Waals surface area contributed by atoms with E-state index in [0.717, 1.165) is 25.7 Å². The van der Waals surface area contributed by atoms with Gasteiger partial charge in [0.1, 0.15) is 6.10 Å². The molecule has 1 unspecified atom stereocenters. The summed E-state index contributed by atoms with van der Waals surface area (Å²) in [6.45, 7) is 12.7. The number of carbonyl (C=O) groups excluding carboxylic acids is 1. The molecule has 0 aromatic rings. The Bertz CT molecular complexity index is 808. The van der Waals surface area contributed by atoms with E-state index in [0.29, 0.717) is 36.0 Å². The molecule has 1 N–H and O–H groups in total. The molecule has 7 heteroatoms. The van der Waals surface area contributed by atoms with Crippen LogP contribution in [-0.4, -0.2) is 31.1 Å². The van der Waals surface area contributed by atoms with Gasteiger partial charge >= 0.3 is 16.4 Å². The molecular weight excluding hydrogens is 392 g/mol. The highest BCUT2D eigenvalue weighted by Crippen LogP contribution is 2.77. The highest BCUT2D eigenvalue weighted by Gasteiger charge is 2.74. The summed E-state index contributed by atoms with van der Waals surface area (Å²) in [5.74, 6) is 1.85. The first-order valence-corrected chi connectivity index (χ1v) is 12.4. The Balaban J connectivity index is 1.72. The summed E-state index contributed by atoms with van der Waals surface area (Å²) in [6.07, 6.45) is 3.94. The number of hydrogen-bond donors (Lipinski definition) is 1. The number of esters is 1. The maximum Gasteiger partial charge on any atom is 0.397 e. The topological polar surface area (TPSA) is 89.9 Å². The molecule has 0 radical (unpaired) electrons. The van der Waals surface area contributed by atoms with E-state index >= 15 is 0 Å². The van der Waals surface area contributed by atoms with Crippen molar-refractivity contribution in [1.29, 1.82) is 0 Å². The molecule has 6 nitrogen and oxygen atoms in total. The lowest BCUT2D eigenvalue weighted by Crippen LogP contribution is -2.55. The van der Waals surface area contributed by atoms with E-state index in [4.69, 9.17) is 8.92 Å². The quantitative estimate of drug-likeness (QED) is 0.532. The van der Waals surface area contributed by atoms with Crippen LogP contribution in [0.3, 0.4) is 0 Å². The fourth-order valence-corrected chi connectivity index (χ4v) is 8.43. The van der Waals surface area contributed by atoms with E-state index < -0.39 is 16.5 Å². The highest BCUT2D eigenvalue weighted by molar-refractivity contribution is 7.80. The molecule has 4 aliphatic rings. The van der Waals surface area contributed by atoms with Crippen LogP contribution in [0.5, 0.6) is 0 Å². The number of rotatable bonds is 4. The SMILES string of the molecule is CC(=O)O[C@@H]1C[C@]2(C)CC[C@]3(C)[C@H](C(C(C)C)C[C@H]3OS(=O)(=O)O)[C@H]2[C@@H]2C[C@]12C. The summed E-state index contributed by atoms with van der Waals surface area (Å²) in [4.78, 5) is 11.7. The molecule has 4 saturated carbocycles. The molecule has 4 aliphatic carbocycles. The zero-order chi connectivity index (χ0) is 21.6. The van der Waals surface area contributed by atoms with Gasteiger partial charge in [0.15, 0.2) is 0 Å². The first-order chi connectivity index (χ1) is 13.2. The van der Waals surface area contributed by atoms with Gasteiger partial charge in [-0.05, 0) is 72.5 Å². The second kappa shape index (κ2) is 6.42. The molecule has 0 bridgehead atoms. The summed E-state index contributed by atoms with van der Waals surface area (Å²) in [5, 5.41) is 0. The van der Waals surface area contributed by atoms with E-state index in [1.165, 1.54) is 6.92 Å². The number of ether oxygens (including phenoxy) is 1.